The minimum absolute atomic E-state index is 0.916. The first kappa shape index (κ1) is 16.8. The highest BCUT2D eigenvalue weighted by molar-refractivity contribution is 4.88. The molecule has 0 aromatic carbocycles. The van der Waals surface area contributed by atoms with Crippen molar-refractivity contribution in [1.29, 1.82) is 0 Å². The van der Waals surface area contributed by atoms with Crippen LogP contribution in [0.3, 0.4) is 0 Å². The van der Waals surface area contributed by atoms with Crippen LogP contribution in [0.2, 0.25) is 0 Å². The second-order valence-corrected chi connectivity index (χ2v) is 7.30. The van der Waals surface area contributed by atoms with Crippen LogP contribution in [-0.4, -0.2) is 0 Å². The van der Waals surface area contributed by atoms with E-state index in [1.165, 1.54) is 50.5 Å². The third-order valence-corrected chi connectivity index (χ3v) is 5.95. The van der Waals surface area contributed by atoms with Crippen LogP contribution in [-0.2, 0) is 0 Å². The van der Waals surface area contributed by atoms with E-state index in [4.69, 9.17) is 0 Å². The Morgan fingerprint density at radius 1 is 0.947 bits per heavy atom. The van der Waals surface area contributed by atoms with Gasteiger partial charge in [-0.2, -0.15) is 0 Å². The first-order chi connectivity index (χ1) is 8.97. The average molecular weight is 264 g/mol. The molecule has 0 amide bonds. The van der Waals surface area contributed by atoms with Crippen molar-refractivity contribution >= 4 is 0 Å². The molecule has 0 aromatic rings. The highest BCUT2D eigenvalue weighted by atomic mass is 14.4. The Morgan fingerprint density at radius 2 is 1.58 bits per heavy atom. The number of hydrogen-bond acceptors (Lipinski definition) is 0. The number of rotatable bonds is 7. The summed E-state index contributed by atoms with van der Waals surface area (Å²) in [5, 5.41) is 0. The third kappa shape index (κ3) is 4.97. The van der Waals surface area contributed by atoms with Crippen molar-refractivity contribution in [2.45, 2.75) is 79.6 Å². The molecule has 0 N–H and O–H groups in total. The molecule has 0 bridgehead atoms. The second-order valence-electron chi connectivity index (χ2n) is 7.30. The molecule has 0 spiro atoms. The standard InChI is InChI=1S/C19H36/c1-7-18-13-19(17(6)15(4)16(18)5)12-10-8-9-11-14(2)3/h15-19H,2,7-13H2,1,3-6H3/t15?,16?,17-,18?,19?/m1/s1. The Hall–Kier alpha value is -0.260. The third-order valence-electron chi connectivity index (χ3n) is 5.95. The second kappa shape index (κ2) is 8.12. The molecule has 1 aliphatic rings. The molecule has 0 radical (unpaired) electrons. The molecular weight excluding hydrogens is 228 g/mol. The molecule has 0 aliphatic heterocycles. The Bertz CT molecular complexity index is 263. The largest absolute Gasteiger partial charge is 0.100 e. The molecule has 4 unspecified atom stereocenters. The molecule has 0 aromatic heterocycles. The molecule has 1 rings (SSSR count). The lowest BCUT2D eigenvalue weighted by Crippen LogP contribution is -2.36. The molecule has 5 atom stereocenters. The van der Waals surface area contributed by atoms with E-state index >= 15 is 0 Å². The topological polar surface area (TPSA) is 0 Å². The van der Waals surface area contributed by atoms with Crippen molar-refractivity contribution in [2.24, 2.45) is 29.6 Å². The van der Waals surface area contributed by atoms with Crippen LogP contribution < -0.4 is 0 Å². The monoisotopic (exact) mass is 264 g/mol. The Labute approximate surface area is 122 Å². The smallest absolute Gasteiger partial charge is 0.0326 e. The van der Waals surface area contributed by atoms with E-state index in [1.807, 2.05) is 0 Å². The summed E-state index contributed by atoms with van der Waals surface area (Å²) in [7, 11) is 0. The summed E-state index contributed by atoms with van der Waals surface area (Å²) in [4.78, 5) is 0. The van der Waals surface area contributed by atoms with E-state index in [1.54, 1.807) is 0 Å². The molecule has 1 saturated carbocycles. The molecule has 112 valence electrons. The van der Waals surface area contributed by atoms with Gasteiger partial charge in [0.2, 0.25) is 0 Å². The first-order valence-corrected chi connectivity index (χ1v) is 8.61. The zero-order valence-electron chi connectivity index (χ0n) is 14.0. The highest BCUT2D eigenvalue weighted by Crippen LogP contribution is 2.44. The van der Waals surface area contributed by atoms with Gasteiger partial charge >= 0.3 is 0 Å². The van der Waals surface area contributed by atoms with Crippen molar-refractivity contribution in [3.63, 3.8) is 0 Å². The van der Waals surface area contributed by atoms with Gasteiger partial charge in [0.05, 0.1) is 0 Å². The molecule has 0 saturated heterocycles. The SMILES string of the molecule is C=C(C)CCCCCC1CC(CC)C(C)C(C)[C@H]1C. The number of unbranched alkanes of at least 4 members (excludes halogenated alkanes) is 2. The molecular formula is C19H36. The normalized spacial score (nSPS) is 35.3. The summed E-state index contributed by atoms with van der Waals surface area (Å²) in [6, 6.07) is 0. The summed E-state index contributed by atoms with van der Waals surface area (Å²) in [5.41, 5.74) is 1.35. The highest BCUT2D eigenvalue weighted by Gasteiger charge is 2.36. The number of allylic oxidation sites excluding steroid dienone is 1. The van der Waals surface area contributed by atoms with E-state index in [-0.39, 0.29) is 0 Å². The van der Waals surface area contributed by atoms with Gasteiger partial charge in [0, 0.05) is 0 Å². The lowest BCUT2D eigenvalue weighted by Gasteiger charge is -2.44. The van der Waals surface area contributed by atoms with E-state index in [0.29, 0.717) is 0 Å². The fourth-order valence-electron chi connectivity index (χ4n) is 4.08. The van der Waals surface area contributed by atoms with Gasteiger partial charge in [0.1, 0.15) is 0 Å². The lowest BCUT2D eigenvalue weighted by molar-refractivity contribution is 0.0588. The van der Waals surface area contributed by atoms with Crippen molar-refractivity contribution in [1.82, 2.24) is 0 Å². The van der Waals surface area contributed by atoms with Gasteiger partial charge in [-0.3, -0.25) is 0 Å². The lowest BCUT2D eigenvalue weighted by atomic mass is 9.62. The predicted molar refractivity (Wildman–Crippen MR) is 87.3 cm³/mol. The zero-order valence-corrected chi connectivity index (χ0v) is 14.0. The van der Waals surface area contributed by atoms with Crippen LogP contribution in [0.5, 0.6) is 0 Å². The van der Waals surface area contributed by atoms with Gasteiger partial charge in [0.15, 0.2) is 0 Å². The van der Waals surface area contributed by atoms with Crippen LogP contribution >= 0.6 is 0 Å². The van der Waals surface area contributed by atoms with Crippen LogP contribution in [0.4, 0.5) is 0 Å². The predicted octanol–water partition coefficient (Wildman–Crippen LogP) is 6.47. The summed E-state index contributed by atoms with van der Waals surface area (Å²) < 4.78 is 0. The fraction of sp³-hybridized carbons (Fsp3) is 0.895. The van der Waals surface area contributed by atoms with Crippen molar-refractivity contribution in [2.75, 3.05) is 0 Å². The van der Waals surface area contributed by atoms with E-state index in [2.05, 4.69) is 41.2 Å². The Kier molecular flexibility index (Phi) is 7.18. The summed E-state index contributed by atoms with van der Waals surface area (Å²) in [6.45, 7) is 16.0. The zero-order chi connectivity index (χ0) is 14.4. The van der Waals surface area contributed by atoms with E-state index < -0.39 is 0 Å². The van der Waals surface area contributed by atoms with E-state index in [0.717, 1.165) is 29.6 Å². The number of hydrogen-bond donors (Lipinski definition) is 0. The van der Waals surface area contributed by atoms with Crippen molar-refractivity contribution < 1.29 is 0 Å². The van der Waals surface area contributed by atoms with Crippen LogP contribution in [0.25, 0.3) is 0 Å². The molecule has 19 heavy (non-hydrogen) atoms. The summed E-state index contributed by atoms with van der Waals surface area (Å²) in [5.74, 6) is 4.74. The van der Waals surface area contributed by atoms with Gasteiger partial charge in [-0.1, -0.05) is 59.0 Å². The van der Waals surface area contributed by atoms with Crippen LogP contribution in [0.15, 0.2) is 12.2 Å². The maximum Gasteiger partial charge on any atom is -0.0326 e. The maximum atomic E-state index is 3.99. The molecule has 0 heteroatoms. The Morgan fingerprint density at radius 3 is 2.16 bits per heavy atom. The molecule has 0 nitrogen and oxygen atoms in total. The summed E-state index contributed by atoms with van der Waals surface area (Å²) in [6.07, 6.45) is 9.74. The van der Waals surface area contributed by atoms with Crippen LogP contribution in [0.1, 0.15) is 79.6 Å². The summed E-state index contributed by atoms with van der Waals surface area (Å²) >= 11 is 0. The van der Waals surface area contributed by atoms with Gasteiger partial charge in [-0.05, 0) is 55.8 Å². The molecule has 1 fully saturated rings. The van der Waals surface area contributed by atoms with Crippen molar-refractivity contribution in [3.05, 3.63) is 12.2 Å². The first-order valence-electron chi connectivity index (χ1n) is 8.61. The average Bonchev–Trinajstić information content (AvgIpc) is 2.37. The minimum atomic E-state index is 0.916. The van der Waals surface area contributed by atoms with Crippen LogP contribution in [0, 0.1) is 29.6 Å². The van der Waals surface area contributed by atoms with Crippen molar-refractivity contribution in [3.8, 4) is 0 Å². The maximum absolute atomic E-state index is 3.99. The van der Waals surface area contributed by atoms with Gasteiger partial charge < -0.3 is 0 Å². The van der Waals surface area contributed by atoms with E-state index in [9.17, 15) is 0 Å². The molecule has 1 aliphatic carbocycles. The van der Waals surface area contributed by atoms with Gasteiger partial charge in [0.25, 0.3) is 0 Å². The quantitative estimate of drug-likeness (QED) is 0.365. The van der Waals surface area contributed by atoms with Gasteiger partial charge in [-0.25, -0.2) is 0 Å². The van der Waals surface area contributed by atoms with Gasteiger partial charge in [-0.15, -0.1) is 6.58 Å². The molecule has 0 heterocycles. The fourth-order valence-corrected chi connectivity index (χ4v) is 4.08. The Balaban J connectivity index is 2.33. The minimum Gasteiger partial charge on any atom is -0.100 e.